The molecular formula is C22H28N8O. The number of amides is 1. The summed E-state index contributed by atoms with van der Waals surface area (Å²) in [7, 11) is 3.75. The van der Waals surface area contributed by atoms with E-state index < -0.39 is 0 Å². The van der Waals surface area contributed by atoms with E-state index in [0.29, 0.717) is 11.2 Å². The van der Waals surface area contributed by atoms with Gasteiger partial charge in [0.05, 0.1) is 39.8 Å². The highest BCUT2D eigenvalue weighted by Crippen LogP contribution is 2.30. The summed E-state index contributed by atoms with van der Waals surface area (Å²) in [6, 6.07) is 3.59. The molecule has 162 valence electrons. The van der Waals surface area contributed by atoms with E-state index in [4.69, 9.17) is 4.98 Å². The van der Waals surface area contributed by atoms with Crippen LogP contribution in [-0.2, 0) is 20.6 Å². The summed E-state index contributed by atoms with van der Waals surface area (Å²) in [6.45, 7) is 10.6. The quantitative estimate of drug-likeness (QED) is 0.535. The standard InChI is InChI=1S/C22H28N8O/c1-8-30-18(9-10-23-30)12(2)24-22(31)16-11-17(19-13(3)26-28(6)15(19)5)25-21-20(16)14(4)27-29(21)7/h9-12H,8H2,1-7H3,(H,24,31)/t12-/m0/s1. The van der Waals surface area contributed by atoms with Gasteiger partial charge in [-0.2, -0.15) is 15.3 Å². The van der Waals surface area contributed by atoms with E-state index >= 15 is 0 Å². The van der Waals surface area contributed by atoms with Gasteiger partial charge in [0.25, 0.3) is 5.91 Å². The summed E-state index contributed by atoms with van der Waals surface area (Å²) >= 11 is 0. The molecule has 4 heterocycles. The first kappa shape index (κ1) is 20.8. The van der Waals surface area contributed by atoms with Crippen molar-refractivity contribution in [2.24, 2.45) is 14.1 Å². The average Bonchev–Trinajstić information content (AvgIpc) is 3.38. The van der Waals surface area contributed by atoms with Crippen molar-refractivity contribution in [3.63, 3.8) is 0 Å². The van der Waals surface area contributed by atoms with Gasteiger partial charge in [-0.05, 0) is 46.8 Å². The molecule has 9 nitrogen and oxygen atoms in total. The number of nitrogens with one attached hydrogen (secondary N) is 1. The third-order valence-corrected chi connectivity index (χ3v) is 5.82. The predicted octanol–water partition coefficient (Wildman–Crippen LogP) is 3.00. The lowest BCUT2D eigenvalue weighted by Gasteiger charge is -2.16. The van der Waals surface area contributed by atoms with Gasteiger partial charge in [0.2, 0.25) is 0 Å². The Balaban J connectivity index is 1.83. The molecule has 0 fully saturated rings. The van der Waals surface area contributed by atoms with Crippen LogP contribution in [0.15, 0.2) is 18.3 Å². The van der Waals surface area contributed by atoms with Crippen LogP contribution in [0, 0.1) is 20.8 Å². The molecule has 1 amide bonds. The van der Waals surface area contributed by atoms with Gasteiger partial charge in [-0.25, -0.2) is 4.98 Å². The maximum atomic E-state index is 13.5. The number of aromatic nitrogens is 7. The fraction of sp³-hybridized carbons (Fsp3) is 0.409. The number of carbonyl (C=O) groups excluding carboxylic acids is 1. The lowest BCUT2D eigenvalue weighted by atomic mass is 10.0. The Bertz CT molecular complexity index is 1290. The molecule has 31 heavy (non-hydrogen) atoms. The van der Waals surface area contributed by atoms with E-state index in [-0.39, 0.29) is 11.9 Å². The number of fused-ring (bicyclic) bond motifs is 1. The first-order valence-corrected chi connectivity index (χ1v) is 10.4. The molecule has 0 aliphatic carbocycles. The summed E-state index contributed by atoms with van der Waals surface area (Å²) in [4.78, 5) is 18.3. The smallest absolute Gasteiger partial charge is 0.252 e. The Labute approximate surface area is 181 Å². The van der Waals surface area contributed by atoms with Crippen LogP contribution in [0.25, 0.3) is 22.3 Å². The SMILES string of the molecule is CCn1nccc1[C@H](C)NC(=O)c1cc(-c2c(C)nn(C)c2C)nc2c1c(C)nn2C. The molecule has 0 spiro atoms. The molecule has 0 saturated heterocycles. The third-order valence-electron chi connectivity index (χ3n) is 5.82. The van der Waals surface area contributed by atoms with Crippen LogP contribution < -0.4 is 5.32 Å². The molecule has 0 aromatic carbocycles. The average molecular weight is 421 g/mol. The van der Waals surface area contributed by atoms with Crippen molar-refractivity contribution in [1.82, 2.24) is 39.6 Å². The van der Waals surface area contributed by atoms with E-state index in [0.717, 1.165) is 46.0 Å². The van der Waals surface area contributed by atoms with Crippen molar-refractivity contribution in [1.29, 1.82) is 0 Å². The van der Waals surface area contributed by atoms with E-state index in [1.807, 2.05) is 70.2 Å². The summed E-state index contributed by atoms with van der Waals surface area (Å²) in [6.07, 6.45) is 1.75. The number of nitrogens with zero attached hydrogens (tertiary/aromatic N) is 7. The Kier molecular flexibility index (Phi) is 5.12. The minimum atomic E-state index is -0.194. The molecule has 0 saturated carbocycles. The molecule has 4 aromatic heterocycles. The van der Waals surface area contributed by atoms with Crippen molar-refractivity contribution in [2.75, 3.05) is 0 Å². The molecule has 0 radical (unpaired) electrons. The minimum Gasteiger partial charge on any atom is -0.344 e. The molecule has 9 heteroatoms. The van der Waals surface area contributed by atoms with E-state index in [2.05, 4.69) is 20.6 Å². The van der Waals surface area contributed by atoms with Gasteiger partial charge >= 0.3 is 0 Å². The van der Waals surface area contributed by atoms with E-state index in [1.54, 1.807) is 10.9 Å². The summed E-state index contributed by atoms with van der Waals surface area (Å²) in [5.74, 6) is -0.166. The molecule has 0 unspecified atom stereocenters. The van der Waals surface area contributed by atoms with E-state index in [9.17, 15) is 4.79 Å². The number of hydrogen-bond donors (Lipinski definition) is 1. The number of hydrogen-bond acceptors (Lipinski definition) is 5. The third kappa shape index (κ3) is 3.39. The highest BCUT2D eigenvalue weighted by molar-refractivity contribution is 6.07. The first-order valence-electron chi connectivity index (χ1n) is 10.4. The zero-order valence-corrected chi connectivity index (χ0v) is 19.1. The summed E-state index contributed by atoms with van der Waals surface area (Å²) in [5, 5.41) is 17.2. The largest absolute Gasteiger partial charge is 0.344 e. The number of rotatable bonds is 5. The molecular weight excluding hydrogens is 392 g/mol. The van der Waals surface area contributed by atoms with Crippen LogP contribution in [0.1, 0.15) is 53.0 Å². The first-order chi connectivity index (χ1) is 14.7. The van der Waals surface area contributed by atoms with Crippen LogP contribution in [0.5, 0.6) is 0 Å². The van der Waals surface area contributed by atoms with Crippen molar-refractivity contribution in [2.45, 2.75) is 47.2 Å². The number of carbonyl (C=O) groups is 1. The fourth-order valence-electron chi connectivity index (χ4n) is 4.22. The summed E-state index contributed by atoms with van der Waals surface area (Å²) < 4.78 is 5.44. The molecule has 4 aromatic rings. The van der Waals surface area contributed by atoms with Gasteiger partial charge in [-0.3, -0.25) is 18.8 Å². The highest BCUT2D eigenvalue weighted by atomic mass is 16.1. The van der Waals surface area contributed by atoms with Gasteiger partial charge in [0, 0.05) is 38.1 Å². The Hall–Kier alpha value is -3.49. The van der Waals surface area contributed by atoms with Crippen molar-refractivity contribution < 1.29 is 4.79 Å². The van der Waals surface area contributed by atoms with Crippen LogP contribution in [0.3, 0.4) is 0 Å². The Morgan fingerprint density at radius 1 is 1.13 bits per heavy atom. The predicted molar refractivity (Wildman–Crippen MR) is 119 cm³/mol. The van der Waals surface area contributed by atoms with E-state index in [1.165, 1.54) is 0 Å². The van der Waals surface area contributed by atoms with Gasteiger partial charge in [-0.15, -0.1) is 0 Å². The van der Waals surface area contributed by atoms with Crippen LogP contribution in [0.4, 0.5) is 0 Å². The Morgan fingerprint density at radius 2 is 1.84 bits per heavy atom. The molecule has 0 aliphatic heterocycles. The second kappa shape index (κ2) is 7.64. The summed E-state index contributed by atoms with van der Waals surface area (Å²) in [5.41, 5.74) is 6.49. The maximum Gasteiger partial charge on any atom is 0.252 e. The van der Waals surface area contributed by atoms with Gasteiger partial charge < -0.3 is 5.32 Å². The van der Waals surface area contributed by atoms with Crippen LogP contribution in [-0.4, -0.2) is 40.2 Å². The molecule has 1 N–H and O–H groups in total. The van der Waals surface area contributed by atoms with Crippen molar-refractivity contribution in [3.05, 3.63) is 46.7 Å². The van der Waals surface area contributed by atoms with Gasteiger partial charge in [0.15, 0.2) is 5.65 Å². The monoisotopic (exact) mass is 420 g/mol. The lowest BCUT2D eigenvalue weighted by Crippen LogP contribution is -2.28. The van der Waals surface area contributed by atoms with Gasteiger partial charge in [-0.1, -0.05) is 0 Å². The maximum absolute atomic E-state index is 13.5. The molecule has 1 atom stereocenters. The number of aryl methyl sites for hydroxylation is 5. The Morgan fingerprint density at radius 3 is 2.48 bits per heavy atom. The normalized spacial score (nSPS) is 12.5. The van der Waals surface area contributed by atoms with Crippen molar-refractivity contribution in [3.8, 4) is 11.3 Å². The topological polar surface area (TPSA) is 95.5 Å². The van der Waals surface area contributed by atoms with Crippen LogP contribution in [0.2, 0.25) is 0 Å². The lowest BCUT2D eigenvalue weighted by molar-refractivity contribution is 0.0940. The number of pyridine rings is 1. The van der Waals surface area contributed by atoms with Gasteiger partial charge in [0.1, 0.15) is 0 Å². The fourth-order valence-corrected chi connectivity index (χ4v) is 4.22. The second-order valence-electron chi connectivity index (χ2n) is 7.90. The molecule has 4 rings (SSSR count). The minimum absolute atomic E-state index is 0.166. The van der Waals surface area contributed by atoms with Crippen LogP contribution >= 0.6 is 0 Å². The molecule has 0 aliphatic rings. The second-order valence-corrected chi connectivity index (χ2v) is 7.90. The highest BCUT2D eigenvalue weighted by Gasteiger charge is 2.23. The molecule has 0 bridgehead atoms. The zero-order valence-electron chi connectivity index (χ0n) is 19.1. The van der Waals surface area contributed by atoms with Crippen molar-refractivity contribution >= 4 is 16.9 Å². The zero-order chi connectivity index (χ0) is 22.4.